The lowest BCUT2D eigenvalue weighted by atomic mass is 10.2. The van der Waals surface area contributed by atoms with E-state index in [-0.39, 0.29) is 12.5 Å². The number of hydrogen-bond donors (Lipinski definition) is 1. The maximum absolute atomic E-state index is 12.0. The van der Waals surface area contributed by atoms with E-state index in [0.29, 0.717) is 18.0 Å². The summed E-state index contributed by atoms with van der Waals surface area (Å²) in [7, 11) is 1.75. The summed E-state index contributed by atoms with van der Waals surface area (Å²) >= 11 is 4.79. The molecule has 1 amide bonds. The van der Waals surface area contributed by atoms with Crippen LogP contribution in [0.2, 0.25) is 0 Å². The van der Waals surface area contributed by atoms with Crippen molar-refractivity contribution in [2.45, 2.75) is 33.7 Å². The van der Waals surface area contributed by atoms with Gasteiger partial charge in [-0.2, -0.15) is 5.10 Å². The van der Waals surface area contributed by atoms with Crippen molar-refractivity contribution in [3.8, 4) is 0 Å². The van der Waals surface area contributed by atoms with E-state index in [1.54, 1.807) is 16.6 Å². The fraction of sp³-hybridized carbons (Fsp3) is 0.583. The van der Waals surface area contributed by atoms with Crippen molar-refractivity contribution in [3.63, 3.8) is 0 Å². The zero-order chi connectivity index (χ0) is 13.9. The zero-order valence-electron chi connectivity index (χ0n) is 11.4. The molecule has 0 aromatic carbocycles. The Labute approximate surface area is 113 Å². The first kappa shape index (κ1) is 14.6. The van der Waals surface area contributed by atoms with Crippen LogP contribution in [0.4, 0.5) is 0 Å². The molecule has 100 valence electrons. The number of hydrogen-bond acceptors (Lipinski definition) is 3. The van der Waals surface area contributed by atoms with Gasteiger partial charge in [0, 0.05) is 25.7 Å². The Morgan fingerprint density at radius 1 is 1.44 bits per heavy atom. The zero-order valence-corrected chi connectivity index (χ0v) is 12.2. The number of rotatable bonds is 5. The Bertz CT molecular complexity index is 467. The second-order valence-corrected chi connectivity index (χ2v) is 5.01. The Balaban J connectivity index is 2.64. The van der Waals surface area contributed by atoms with E-state index >= 15 is 0 Å². The molecule has 1 rings (SSSR count). The fourth-order valence-corrected chi connectivity index (χ4v) is 1.68. The van der Waals surface area contributed by atoms with Crippen molar-refractivity contribution in [1.29, 1.82) is 0 Å². The average Bonchev–Trinajstić information content (AvgIpc) is 2.53. The van der Waals surface area contributed by atoms with E-state index in [2.05, 4.69) is 5.10 Å². The van der Waals surface area contributed by atoms with Gasteiger partial charge in [0.2, 0.25) is 5.91 Å². The van der Waals surface area contributed by atoms with Crippen LogP contribution in [0.5, 0.6) is 0 Å². The molecule has 0 aliphatic rings. The number of amides is 1. The van der Waals surface area contributed by atoms with Gasteiger partial charge in [0.05, 0.1) is 10.7 Å². The minimum absolute atomic E-state index is 0.0110. The first-order chi connectivity index (χ1) is 8.32. The topological polar surface area (TPSA) is 64.2 Å². The van der Waals surface area contributed by atoms with Gasteiger partial charge in [-0.05, 0) is 26.3 Å². The molecule has 1 aromatic heterocycles. The Morgan fingerprint density at radius 2 is 2.06 bits per heavy atom. The summed E-state index contributed by atoms with van der Waals surface area (Å²) < 4.78 is 1.74. The molecule has 0 atom stereocenters. The summed E-state index contributed by atoms with van der Waals surface area (Å²) in [4.78, 5) is 14.0. The van der Waals surface area contributed by atoms with Gasteiger partial charge < -0.3 is 10.6 Å². The van der Waals surface area contributed by atoms with Gasteiger partial charge in [-0.3, -0.25) is 9.48 Å². The number of nitrogens with two attached hydrogens (primary N) is 1. The molecule has 0 saturated heterocycles. The number of nitrogens with zero attached hydrogens (tertiary/aromatic N) is 3. The molecule has 0 unspecified atom stereocenters. The summed E-state index contributed by atoms with van der Waals surface area (Å²) in [6.45, 7) is 6.73. The highest BCUT2D eigenvalue weighted by atomic mass is 32.1. The highest BCUT2D eigenvalue weighted by Gasteiger charge is 2.13. The van der Waals surface area contributed by atoms with Gasteiger partial charge in [-0.15, -0.1) is 0 Å². The van der Waals surface area contributed by atoms with E-state index in [0.717, 1.165) is 17.0 Å². The van der Waals surface area contributed by atoms with Crippen LogP contribution >= 0.6 is 12.2 Å². The summed E-state index contributed by atoms with van der Waals surface area (Å²) in [5.41, 5.74) is 8.54. The molecule has 2 N–H and O–H groups in total. The van der Waals surface area contributed by atoms with E-state index in [1.807, 2.05) is 20.8 Å². The van der Waals surface area contributed by atoms with Crippen molar-refractivity contribution in [2.24, 2.45) is 5.73 Å². The minimum Gasteiger partial charge on any atom is -0.393 e. The van der Waals surface area contributed by atoms with Crippen molar-refractivity contribution < 1.29 is 4.79 Å². The van der Waals surface area contributed by atoms with Crippen LogP contribution in [0.3, 0.4) is 0 Å². The molecule has 18 heavy (non-hydrogen) atoms. The third-order valence-corrected chi connectivity index (χ3v) is 3.35. The Kier molecular flexibility index (Phi) is 4.84. The molecule has 1 aromatic rings. The quantitative estimate of drug-likeness (QED) is 0.807. The molecule has 5 nitrogen and oxygen atoms in total. The smallest absolute Gasteiger partial charge is 0.244 e. The Hall–Kier alpha value is -1.43. The number of aromatic nitrogens is 2. The molecule has 1 heterocycles. The predicted molar refractivity (Wildman–Crippen MR) is 75.5 cm³/mol. The maximum atomic E-state index is 12.0. The highest BCUT2D eigenvalue weighted by molar-refractivity contribution is 7.80. The summed E-state index contributed by atoms with van der Waals surface area (Å²) in [5.74, 6) is 0.0110. The fourth-order valence-electron chi connectivity index (χ4n) is 1.59. The number of thiocarbonyl (C=S) groups is 1. The number of aryl methyl sites for hydroxylation is 1. The third kappa shape index (κ3) is 3.53. The molecule has 0 saturated carbocycles. The largest absolute Gasteiger partial charge is 0.393 e. The molecule has 0 aliphatic carbocycles. The number of likely N-dealkylation sites (N-methyl/N-ethyl adjacent to an activating group) is 1. The van der Waals surface area contributed by atoms with Crippen LogP contribution in [0.25, 0.3) is 0 Å². The van der Waals surface area contributed by atoms with E-state index in [9.17, 15) is 4.79 Å². The summed E-state index contributed by atoms with van der Waals surface area (Å²) in [6.07, 6.45) is 0.549. The molecule has 0 aliphatic heterocycles. The van der Waals surface area contributed by atoms with Gasteiger partial charge in [-0.1, -0.05) is 12.2 Å². The van der Waals surface area contributed by atoms with Crippen LogP contribution < -0.4 is 5.73 Å². The molecule has 0 radical (unpaired) electrons. The minimum atomic E-state index is 0.0110. The second kappa shape index (κ2) is 5.95. The normalized spacial score (nSPS) is 10.4. The molecule has 0 spiro atoms. The van der Waals surface area contributed by atoms with Gasteiger partial charge >= 0.3 is 0 Å². The maximum Gasteiger partial charge on any atom is 0.244 e. The van der Waals surface area contributed by atoms with Crippen LogP contribution in [-0.4, -0.2) is 39.2 Å². The van der Waals surface area contributed by atoms with E-state index in [4.69, 9.17) is 18.0 Å². The lowest BCUT2D eigenvalue weighted by Crippen LogP contribution is -2.33. The van der Waals surface area contributed by atoms with Crippen LogP contribution in [-0.2, 0) is 11.3 Å². The van der Waals surface area contributed by atoms with Crippen molar-refractivity contribution >= 4 is 23.1 Å². The lowest BCUT2D eigenvalue weighted by molar-refractivity contribution is -0.130. The summed E-state index contributed by atoms with van der Waals surface area (Å²) in [5, 5.41) is 4.35. The molecule has 6 heteroatoms. The van der Waals surface area contributed by atoms with Crippen molar-refractivity contribution in [1.82, 2.24) is 14.7 Å². The first-order valence-corrected chi connectivity index (χ1v) is 6.26. The molecular formula is C12H20N4OS. The molecule has 0 fully saturated rings. The number of carbonyl (C=O) groups excluding carboxylic acids is 1. The lowest BCUT2D eigenvalue weighted by Gasteiger charge is -2.17. The van der Waals surface area contributed by atoms with Crippen LogP contribution in [0.1, 0.15) is 23.4 Å². The average molecular weight is 268 g/mol. The highest BCUT2D eigenvalue weighted by Crippen LogP contribution is 2.10. The van der Waals surface area contributed by atoms with Gasteiger partial charge in [0.15, 0.2) is 0 Å². The second-order valence-electron chi connectivity index (χ2n) is 4.49. The standard InChI is InChI=1S/C12H20N4OS/c1-8-9(2)14-16(10(8)3)7-12(17)15(4)6-5-11(13)18/h5-7H2,1-4H3,(H2,13,18). The monoisotopic (exact) mass is 268 g/mol. The summed E-state index contributed by atoms with van der Waals surface area (Å²) in [6, 6.07) is 0. The van der Waals surface area contributed by atoms with Gasteiger partial charge in [-0.25, -0.2) is 0 Å². The molecular weight excluding hydrogens is 248 g/mol. The van der Waals surface area contributed by atoms with E-state index < -0.39 is 0 Å². The van der Waals surface area contributed by atoms with Gasteiger partial charge in [0.25, 0.3) is 0 Å². The molecule has 0 bridgehead atoms. The van der Waals surface area contributed by atoms with Crippen molar-refractivity contribution in [2.75, 3.05) is 13.6 Å². The third-order valence-electron chi connectivity index (χ3n) is 3.15. The number of carbonyl (C=O) groups is 1. The van der Waals surface area contributed by atoms with Crippen LogP contribution in [0, 0.1) is 20.8 Å². The van der Waals surface area contributed by atoms with Crippen molar-refractivity contribution in [3.05, 3.63) is 17.0 Å². The predicted octanol–water partition coefficient (Wildman–Crippen LogP) is 0.943. The van der Waals surface area contributed by atoms with Crippen LogP contribution in [0.15, 0.2) is 0 Å². The first-order valence-electron chi connectivity index (χ1n) is 5.85. The van der Waals surface area contributed by atoms with E-state index in [1.165, 1.54) is 0 Å². The Morgan fingerprint density at radius 3 is 2.50 bits per heavy atom. The SMILES string of the molecule is Cc1nn(CC(=O)N(C)CCC(N)=S)c(C)c1C. The van der Waals surface area contributed by atoms with Gasteiger partial charge in [0.1, 0.15) is 6.54 Å².